The second-order valence-electron chi connectivity index (χ2n) is 8.45. The number of aliphatic carboxylic acids is 2. The van der Waals surface area contributed by atoms with Gasteiger partial charge >= 0.3 is 11.9 Å². The fraction of sp³-hybridized carbons (Fsp3) is 0.440. The maximum Gasteiger partial charge on any atom is 0.335 e. The zero-order valence-electron chi connectivity index (χ0n) is 19.8. The van der Waals surface area contributed by atoms with Gasteiger partial charge in [0.25, 0.3) is 0 Å². The molecule has 2 rings (SSSR count). The zero-order chi connectivity index (χ0) is 26.0. The van der Waals surface area contributed by atoms with E-state index < -0.39 is 24.1 Å². The van der Waals surface area contributed by atoms with Gasteiger partial charge in [0.15, 0.2) is 12.2 Å². The number of nitrogens with zero attached hydrogens (tertiary/aromatic N) is 1. The molecule has 0 radical (unpaired) electrons. The van der Waals surface area contributed by atoms with Gasteiger partial charge in [0, 0.05) is 28.6 Å². The lowest BCUT2D eigenvalue weighted by atomic mass is 9.87. The third-order valence-corrected chi connectivity index (χ3v) is 5.61. The second kappa shape index (κ2) is 13.9. The van der Waals surface area contributed by atoms with Crippen molar-refractivity contribution >= 4 is 23.5 Å². The van der Waals surface area contributed by atoms with E-state index in [1.54, 1.807) is 12.1 Å². The Labute approximate surface area is 205 Å². The number of carboxylic acids is 2. The molecule has 0 bridgehead atoms. The van der Waals surface area contributed by atoms with Crippen LogP contribution in [0.3, 0.4) is 0 Å². The molecule has 34 heavy (non-hydrogen) atoms. The first-order valence-corrected chi connectivity index (χ1v) is 11.3. The summed E-state index contributed by atoms with van der Waals surface area (Å²) in [7, 11) is 0. The number of phenolic OH excluding ortho intramolecular Hbond substituents is 1. The number of aliphatic hydroxyl groups excluding tert-OH is 2. The van der Waals surface area contributed by atoms with Crippen LogP contribution in [-0.2, 0) is 9.59 Å². The van der Waals surface area contributed by atoms with Crippen LogP contribution in [0.1, 0.15) is 51.2 Å². The molecule has 0 aromatic heterocycles. The van der Waals surface area contributed by atoms with Crippen LogP contribution < -0.4 is 0 Å². The Kier molecular flexibility index (Phi) is 12.0. The summed E-state index contributed by atoms with van der Waals surface area (Å²) < 4.78 is 0. The predicted octanol–water partition coefficient (Wildman–Crippen LogP) is 3.56. The number of hydrogen-bond acceptors (Lipinski definition) is 6. The first-order valence-electron chi connectivity index (χ1n) is 11.0. The maximum atomic E-state index is 10.4. The fourth-order valence-corrected chi connectivity index (χ4v) is 3.83. The standard InChI is InChI=1S/C21H28ClNO.C4H6O6/c1-15(2)23(16(3)4)13-12-19(17-8-6-5-7-9-17)20-14-18(22)10-11-21(20)24;5-1(3(7)8)2(6)4(9)10/h5-11,14-16,19,24H,12-13H2,1-4H3;1-2,5-6H,(H,7,8)(H,9,10)/t19-;/m1./s1. The first kappa shape index (κ1) is 29.4. The van der Waals surface area contributed by atoms with Crippen LogP contribution in [0.25, 0.3) is 0 Å². The predicted molar refractivity (Wildman–Crippen MR) is 130 cm³/mol. The summed E-state index contributed by atoms with van der Waals surface area (Å²) in [5.41, 5.74) is 2.11. The molecule has 0 saturated carbocycles. The SMILES string of the molecule is CC(C)N(CC[C@H](c1ccccc1)c1cc(Cl)ccc1O)C(C)C.O=C(O)C(O)C(O)C(=O)O. The molecule has 2 aromatic carbocycles. The van der Waals surface area contributed by atoms with Crippen LogP contribution in [0, 0.1) is 0 Å². The highest BCUT2D eigenvalue weighted by Gasteiger charge is 2.29. The van der Waals surface area contributed by atoms with Crippen molar-refractivity contribution in [2.24, 2.45) is 0 Å². The molecular weight excluding hydrogens is 462 g/mol. The van der Waals surface area contributed by atoms with Crippen molar-refractivity contribution in [1.29, 1.82) is 0 Å². The van der Waals surface area contributed by atoms with Gasteiger partial charge in [0.1, 0.15) is 5.75 Å². The third-order valence-electron chi connectivity index (χ3n) is 5.37. The van der Waals surface area contributed by atoms with E-state index >= 15 is 0 Å². The van der Waals surface area contributed by atoms with Crippen LogP contribution in [0.4, 0.5) is 0 Å². The molecule has 0 aliphatic carbocycles. The molecule has 5 N–H and O–H groups in total. The summed E-state index contributed by atoms with van der Waals surface area (Å²) in [5, 5.41) is 43.6. The molecule has 3 atom stereocenters. The van der Waals surface area contributed by atoms with Gasteiger partial charge in [-0.1, -0.05) is 41.9 Å². The number of carbonyl (C=O) groups is 2. The van der Waals surface area contributed by atoms with Crippen LogP contribution in [0.5, 0.6) is 5.75 Å². The van der Waals surface area contributed by atoms with Crippen molar-refractivity contribution < 1.29 is 35.1 Å². The van der Waals surface area contributed by atoms with Crippen LogP contribution in [-0.4, -0.2) is 73.2 Å². The van der Waals surface area contributed by atoms with E-state index in [2.05, 4.69) is 44.7 Å². The second-order valence-corrected chi connectivity index (χ2v) is 8.88. The lowest BCUT2D eigenvalue weighted by Crippen LogP contribution is -2.39. The normalized spacial score (nSPS) is 13.8. The van der Waals surface area contributed by atoms with E-state index in [0.717, 1.165) is 18.5 Å². The van der Waals surface area contributed by atoms with Crippen molar-refractivity contribution in [2.75, 3.05) is 6.54 Å². The number of benzene rings is 2. The molecule has 2 unspecified atom stereocenters. The third kappa shape index (κ3) is 8.95. The number of aromatic hydroxyl groups is 1. The van der Waals surface area contributed by atoms with Crippen molar-refractivity contribution in [3.05, 3.63) is 64.7 Å². The molecule has 0 amide bonds. The van der Waals surface area contributed by atoms with Crippen LogP contribution >= 0.6 is 11.6 Å². The lowest BCUT2D eigenvalue weighted by Gasteiger charge is -2.32. The summed E-state index contributed by atoms with van der Waals surface area (Å²) >= 11 is 6.19. The molecule has 0 saturated heterocycles. The van der Waals surface area contributed by atoms with E-state index in [0.29, 0.717) is 22.9 Å². The van der Waals surface area contributed by atoms with E-state index in [-0.39, 0.29) is 5.92 Å². The van der Waals surface area contributed by atoms with Gasteiger partial charge in [-0.25, -0.2) is 9.59 Å². The average Bonchev–Trinajstić information content (AvgIpc) is 2.78. The van der Waals surface area contributed by atoms with Crippen molar-refractivity contribution in [3.8, 4) is 5.75 Å². The van der Waals surface area contributed by atoms with Gasteiger partial charge in [-0.05, 0) is 64.4 Å². The Morgan fingerprint density at radius 3 is 1.82 bits per heavy atom. The van der Waals surface area contributed by atoms with Crippen molar-refractivity contribution in [2.45, 2.75) is 64.3 Å². The molecule has 0 aliphatic heterocycles. The molecule has 0 fully saturated rings. The summed E-state index contributed by atoms with van der Waals surface area (Å²) in [6, 6.07) is 16.7. The van der Waals surface area contributed by atoms with Gasteiger partial charge < -0.3 is 25.5 Å². The number of rotatable bonds is 10. The monoisotopic (exact) mass is 495 g/mol. The Morgan fingerprint density at radius 2 is 1.38 bits per heavy atom. The topological polar surface area (TPSA) is 139 Å². The highest BCUT2D eigenvalue weighted by atomic mass is 35.5. The highest BCUT2D eigenvalue weighted by molar-refractivity contribution is 6.30. The molecule has 0 aliphatic rings. The van der Waals surface area contributed by atoms with Gasteiger partial charge in [-0.15, -0.1) is 0 Å². The van der Waals surface area contributed by atoms with Crippen LogP contribution in [0.15, 0.2) is 48.5 Å². The molecule has 8 nitrogen and oxygen atoms in total. The molecule has 9 heteroatoms. The van der Waals surface area contributed by atoms with Gasteiger partial charge in [-0.3, -0.25) is 4.90 Å². The minimum atomic E-state index is -2.27. The summed E-state index contributed by atoms with van der Waals surface area (Å²) in [5.74, 6) is -3.09. The smallest absolute Gasteiger partial charge is 0.335 e. The first-order chi connectivity index (χ1) is 15.9. The van der Waals surface area contributed by atoms with Gasteiger partial charge in [-0.2, -0.15) is 0 Å². The number of aliphatic hydroxyl groups is 2. The Morgan fingerprint density at radius 1 is 0.882 bits per heavy atom. The highest BCUT2D eigenvalue weighted by Crippen LogP contribution is 2.36. The number of hydrogen-bond donors (Lipinski definition) is 5. The average molecular weight is 496 g/mol. The van der Waals surface area contributed by atoms with Gasteiger partial charge in [0.05, 0.1) is 0 Å². The maximum absolute atomic E-state index is 10.4. The largest absolute Gasteiger partial charge is 0.508 e. The Hall–Kier alpha value is -2.65. The molecule has 2 aromatic rings. The van der Waals surface area contributed by atoms with Gasteiger partial charge in [0.2, 0.25) is 0 Å². The quantitative estimate of drug-likeness (QED) is 0.337. The molecule has 0 spiro atoms. The number of halogens is 1. The fourth-order valence-electron chi connectivity index (χ4n) is 3.65. The lowest BCUT2D eigenvalue weighted by molar-refractivity contribution is -0.165. The van der Waals surface area contributed by atoms with Crippen molar-refractivity contribution in [3.63, 3.8) is 0 Å². The van der Waals surface area contributed by atoms with E-state index in [1.165, 1.54) is 5.56 Å². The minimum absolute atomic E-state index is 0.130. The van der Waals surface area contributed by atoms with Crippen molar-refractivity contribution in [1.82, 2.24) is 4.90 Å². The summed E-state index contributed by atoms with van der Waals surface area (Å²) in [6.45, 7) is 9.90. The Balaban J connectivity index is 0.000000489. The van der Waals surface area contributed by atoms with E-state index in [4.69, 9.17) is 32.0 Å². The minimum Gasteiger partial charge on any atom is -0.508 e. The van der Waals surface area contributed by atoms with E-state index in [9.17, 15) is 14.7 Å². The summed E-state index contributed by atoms with van der Waals surface area (Å²) in [6.07, 6.45) is -3.59. The summed E-state index contributed by atoms with van der Waals surface area (Å²) in [4.78, 5) is 22.0. The zero-order valence-corrected chi connectivity index (χ0v) is 20.6. The Bertz CT molecular complexity index is 895. The number of carboxylic acid groups (broad SMARTS) is 2. The number of phenols is 1. The molecule has 188 valence electrons. The molecular formula is C25H34ClNO7. The van der Waals surface area contributed by atoms with Crippen LogP contribution in [0.2, 0.25) is 5.02 Å². The molecule has 0 heterocycles. The van der Waals surface area contributed by atoms with E-state index in [1.807, 2.05) is 24.3 Å².